The molecule has 3 rings (SSSR count). The van der Waals surface area contributed by atoms with Gasteiger partial charge in [-0.25, -0.2) is 0 Å². The van der Waals surface area contributed by atoms with Gasteiger partial charge in [0.15, 0.2) is 0 Å². The summed E-state index contributed by atoms with van der Waals surface area (Å²) in [6.45, 7) is 3.28. The lowest BCUT2D eigenvalue weighted by Gasteiger charge is -2.24. The minimum atomic E-state index is -0.227. The van der Waals surface area contributed by atoms with Crippen LogP contribution in [0.4, 0.5) is 5.69 Å². The first-order valence-electron chi connectivity index (χ1n) is 9.89. The molecule has 30 heavy (non-hydrogen) atoms. The van der Waals surface area contributed by atoms with Crippen LogP contribution in [0.5, 0.6) is 0 Å². The van der Waals surface area contributed by atoms with Crippen molar-refractivity contribution in [2.45, 2.75) is 20.0 Å². The Morgan fingerprint density at radius 1 is 0.900 bits per heavy atom. The van der Waals surface area contributed by atoms with Crippen LogP contribution in [0.25, 0.3) is 0 Å². The summed E-state index contributed by atoms with van der Waals surface area (Å²) in [4.78, 5) is 28.5. The maximum Gasteiger partial charge on any atom is 0.243 e. The number of aryl methyl sites for hydroxylation is 1. The van der Waals surface area contributed by atoms with Gasteiger partial charge in [-0.1, -0.05) is 48.0 Å². The summed E-state index contributed by atoms with van der Waals surface area (Å²) in [5.41, 5.74) is 2.95. The van der Waals surface area contributed by atoms with Gasteiger partial charge in [-0.15, -0.1) is 0 Å². The fourth-order valence-electron chi connectivity index (χ4n) is 3.09. The Morgan fingerprint density at radius 2 is 1.63 bits per heavy atom. The van der Waals surface area contributed by atoms with Gasteiger partial charge in [-0.3, -0.25) is 14.5 Å². The van der Waals surface area contributed by atoms with E-state index in [4.69, 9.17) is 4.42 Å². The van der Waals surface area contributed by atoms with Crippen LogP contribution in [0, 0.1) is 6.92 Å². The van der Waals surface area contributed by atoms with E-state index in [1.165, 1.54) is 4.90 Å². The molecule has 1 aromatic heterocycles. The van der Waals surface area contributed by atoms with Crippen LogP contribution in [0.3, 0.4) is 0 Å². The quantitative estimate of drug-likeness (QED) is 0.590. The molecule has 0 radical (unpaired) electrons. The maximum atomic E-state index is 12.8. The van der Waals surface area contributed by atoms with Crippen LogP contribution in [0.2, 0.25) is 0 Å². The van der Waals surface area contributed by atoms with Gasteiger partial charge in [0.25, 0.3) is 0 Å². The minimum Gasteiger partial charge on any atom is -0.468 e. The van der Waals surface area contributed by atoms with Gasteiger partial charge in [0.2, 0.25) is 11.8 Å². The largest absolute Gasteiger partial charge is 0.468 e. The molecule has 2 amide bonds. The fraction of sp³-hybridized carbons (Fsp3) is 0.250. The third-order valence-electron chi connectivity index (χ3n) is 4.71. The molecule has 0 bridgehead atoms. The average molecular weight is 405 g/mol. The lowest BCUT2D eigenvalue weighted by atomic mass is 10.2. The van der Waals surface area contributed by atoms with Crippen molar-refractivity contribution < 1.29 is 14.0 Å². The molecule has 2 aromatic carbocycles. The Bertz CT molecular complexity index is 938. The normalized spacial score (nSPS) is 10.8. The predicted octanol–water partition coefficient (Wildman–Crippen LogP) is 3.69. The Morgan fingerprint density at radius 3 is 2.30 bits per heavy atom. The van der Waals surface area contributed by atoms with Gasteiger partial charge in [-0.05, 0) is 36.8 Å². The summed E-state index contributed by atoms with van der Waals surface area (Å²) >= 11 is 0. The number of likely N-dealkylation sites (N-methyl/N-ethyl adjacent to an activating group) is 1. The van der Waals surface area contributed by atoms with Crippen LogP contribution >= 0.6 is 0 Å². The molecule has 0 atom stereocenters. The number of hydrogen-bond donors (Lipinski definition) is 1. The van der Waals surface area contributed by atoms with Gasteiger partial charge in [0.05, 0.1) is 25.9 Å². The summed E-state index contributed by atoms with van der Waals surface area (Å²) in [6, 6.07) is 21.2. The second kappa shape index (κ2) is 10.4. The number of hydrogen-bond acceptors (Lipinski definition) is 4. The van der Waals surface area contributed by atoms with Crippen molar-refractivity contribution in [1.29, 1.82) is 0 Å². The number of carbonyl (C=O) groups is 2. The number of carbonyl (C=O) groups excluding carboxylic acids is 2. The Labute approximate surface area is 177 Å². The van der Waals surface area contributed by atoms with Crippen LogP contribution < -0.4 is 5.32 Å². The number of amides is 2. The zero-order valence-corrected chi connectivity index (χ0v) is 17.4. The standard InChI is InChI=1S/C24H27N3O3/c1-19-10-12-21(13-11-19)25-23(28)17-26(2)24(29)18-27(16-22-9-6-14-30-22)15-20-7-4-3-5-8-20/h3-14H,15-18H2,1-2H3,(H,25,28). The van der Waals surface area contributed by atoms with E-state index in [0.717, 1.165) is 22.6 Å². The number of nitrogens with one attached hydrogen (secondary N) is 1. The lowest BCUT2D eigenvalue weighted by Crippen LogP contribution is -2.41. The SMILES string of the molecule is Cc1ccc(NC(=O)CN(C)C(=O)CN(Cc2ccccc2)Cc2ccco2)cc1. The van der Waals surface area contributed by atoms with Crippen molar-refractivity contribution in [3.63, 3.8) is 0 Å². The number of benzene rings is 2. The van der Waals surface area contributed by atoms with Gasteiger partial charge in [0.1, 0.15) is 5.76 Å². The zero-order valence-electron chi connectivity index (χ0n) is 17.4. The smallest absolute Gasteiger partial charge is 0.243 e. The van der Waals surface area contributed by atoms with E-state index >= 15 is 0 Å². The van der Waals surface area contributed by atoms with Crippen LogP contribution in [0.15, 0.2) is 77.4 Å². The monoisotopic (exact) mass is 405 g/mol. The summed E-state index contributed by atoms with van der Waals surface area (Å²) < 4.78 is 5.45. The number of furan rings is 1. The predicted molar refractivity (Wildman–Crippen MR) is 117 cm³/mol. The first kappa shape index (κ1) is 21.3. The van der Waals surface area contributed by atoms with Crippen molar-refractivity contribution in [3.8, 4) is 0 Å². The second-order valence-corrected chi connectivity index (χ2v) is 7.37. The van der Waals surface area contributed by atoms with Crippen molar-refractivity contribution in [2.75, 3.05) is 25.5 Å². The van der Waals surface area contributed by atoms with Crippen LogP contribution in [0.1, 0.15) is 16.9 Å². The molecule has 0 aliphatic rings. The molecular formula is C24H27N3O3. The molecule has 1 heterocycles. The molecule has 6 nitrogen and oxygen atoms in total. The topological polar surface area (TPSA) is 65.8 Å². The van der Waals surface area contributed by atoms with Crippen molar-refractivity contribution in [2.24, 2.45) is 0 Å². The van der Waals surface area contributed by atoms with E-state index < -0.39 is 0 Å². The van der Waals surface area contributed by atoms with Crippen LogP contribution in [-0.4, -0.2) is 41.8 Å². The highest BCUT2D eigenvalue weighted by atomic mass is 16.3. The van der Waals surface area contributed by atoms with Gasteiger partial charge in [0, 0.05) is 19.3 Å². The van der Waals surface area contributed by atoms with Crippen molar-refractivity contribution >= 4 is 17.5 Å². The molecule has 0 aliphatic carbocycles. The van der Waals surface area contributed by atoms with Gasteiger partial charge in [-0.2, -0.15) is 0 Å². The molecule has 0 spiro atoms. The summed E-state index contributed by atoms with van der Waals surface area (Å²) in [7, 11) is 1.64. The molecule has 3 aromatic rings. The molecule has 0 fully saturated rings. The second-order valence-electron chi connectivity index (χ2n) is 7.37. The highest BCUT2D eigenvalue weighted by Gasteiger charge is 2.18. The van der Waals surface area contributed by atoms with E-state index in [1.54, 1.807) is 13.3 Å². The summed E-state index contributed by atoms with van der Waals surface area (Å²) in [5.74, 6) is 0.436. The molecule has 0 saturated heterocycles. The van der Waals surface area contributed by atoms with Gasteiger partial charge >= 0.3 is 0 Å². The van der Waals surface area contributed by atoms with E-state index in [2.05, 4.69) is 5.32 Å². The average Bonchev–Trinajstić information content (AvgIpc) is 3.23. The third-order valence-corrected chi connectivity index (χ3v) is 4.71. The van der Waals surface area contributed by atoms with Crippen molar-refractivity contribution in [3.05, 3.63) is 89.9 Å². The lowest BCUT2D eigenvalue weighted by molar-refractivity contribution is -0.134. The number of nitrogens with zero attached hydrogens (tertiary/aromatic N) is 2. The first-order valence-corrected chi connectivity index (χ1v) is 9.89. The number of anilines is 1. The Hall–Kier alpha value is -3.38. The van der Waals surface area contributed by atoms with E-state index in [1.807, 2.05) is 78.6 Å². The van der Waals surface area contributed by atoms with Crippen LogP contribution in [-0.2, 0) is 22.7 Å². The number of rotatable bonds is 9. The van der Waals surface area contributed by atoms with E-state index in [-0.39, 0.29) is 24.9 Å². The molecule has 6 heteroatoms. The summed E-state index contributed by atoms with van der Waals surface area (Å²) in [6.07, 6.45) is 1.62. The van der Waals surface area contributed by atoms with Gasteiger partial charge < -0.3 is 14.6 Å². The van der Waals surface area contributed by atoms with E-state index in [9.17, 15) is 9.59 Å². The Balaban J connectivity index is 1.57. The zero-order chi connectivity index (χ0) is 21.3. The fourth-order valence-corrected chi connectivity index (χ4v) is 3.09. The summed E-state index contributed by atoms with van der Waals surface area (Å²) in [5, 5.41) is 2.82. The first-order chi connectivity index (χ1) is 14.5. The highest BCUT2D eigenvalue weighted by molar-refractivity contribution is 5.94. The molecule has 0 saturated carbocycles. The molecular weight excluding hydrogens is 378 g/mol. The van der Waals surface area contributed by atoms with E-state index in [0.29, 0.717) is 13.1 Å². The minimum absolute atomic E-state index is 0.00730. The Kier molecular flexibility index (Phi) is 7.40. The third kappa shape index (κ3) is 6.60. The molecule has 0 unspecified atom stereocenters. The molecule has 0 aliphatic heterocycles. The molecule has 1 N–H and O–H groups in total. The maximum absolute atomic E-state index is 12.8. The van der Waals surface area contributed by atoms with Crippen molar-refractivity contribution in [1.82, 2.24) is 9.80 Å². The highest BCUT2D eigenvalue weighted by Crippen LogP contribution is 2.11. The molecule has 156 valence electrons.